The van der Waals surface area contributed by atoms with Crippen LogP contribution < -0.4 is 10.6 Å². The van der Waals surface area contributed by atoms with E-state index in [1.165, 1.54) is 0 Å². The molecule has 0 spiro atoms. The van der Waals surface area contributed by atoms with Crippen LogP contribution in [-0.2, 0) is 19.5 Å². The van der Waals surface area contributed by atoms with E-state index in [0.717, 1.165) is 18.1 Å². The van der Waals surface area contributed by atoms with E-state index in [2.05, 4.69) is 20.8 Å². The molecule has 7 heteroatoms. The van der Waals surface area contributed by atoms with Crippen molar-refractivity contribution < 1.29 is 9.21 Å². The lowest BCUT2D eigenvalue weighted by molar-refractivity contribution is 0.236. The molecule has 108 valence electrons. The Morgan fingerprint density at radius 3 is 3.10 bits per heavy atom. The molecule has 2 heterocycles. The first-order valence-corrected chi connectivity index (χ1v) is 6.62. The van der Waals surface area contributed by atoms with Crippen molar-refractivity contribution in [2.24, 2.45) is 0 Å². The zero-order chi connectivity index (χ0) is 14.4. The fourth-order valence-electron chi connectivity index (χ4n) is 1.90. The highest BCUT2D eigenvalue weighted by Crippen LogP contribution is 2.03. The van der Waals surface area contributed by atoms with E-state index in [1.807, 2.05) is 30.5 Å². The van der Waals surface area contributed by atoms with Gasteiger partial charge in [0.15, 0.2) is 5.82 Å². The molecule has 1 atom stereocenters. The van der Waals surface area contributed by atoms with E-state index < -0.39 is 0 Å². The molecule has 0 radical (unpaired) electrons. The second-order valence-electron chi connectivity index (χ2n) is 4.54. The van der Waals surface area contributed by atoms with Gasteiger partial charge in [0.05, 0.1) is 12.8 Å². The molecule has 0 aliphatic heterocycles. The third-order valence-electron chi connectivity index (χ3n) is 2.91. The van der Waals surface area contributed by atoms with Crippen molar-refractivity contribution in [3.63, 3.8) is 0 Å². The van der Waals surface area contributed by atoms with Crippen LogP contribution >= 0.6 is 0 Å². The van der Waals surface area contributed by atoms with Crippen LogP contribution in [0.15, 0.2) is 29.1 Å². The summed E-state index contributed by atoms with van der Waals surface area (Å²) in [6, 6.07) is 3.49. The summed E-state index contributed by atoms with van der Waals surface area (Å²) < 4.78 is 7.12. The highest BCUT2D eigenvalue weighted by molar-refractivity contribution is 5.74. The Morgan fingerprint density at radius 2 is 2.40 bits per heavy atom. The maximum atomic E-state index is 11.8. The van der Waals surface area contributed by atoms with Gasteiger partial charge in [0.25, 0.3) is 0 Å². The zero-order valence-corrected chi connectivity index (χ0v) is 11.7. The minimum Gasteiger partial charge on any atom is -0.469 e. The SMILES string of the molecule is CCn1cnnc1CNC(=O)N[C@@H](C)Cc1ccco1. The minimum atomic E-state index is -0.227. The number of urea groups is 1. The van der Waals surface area contributed by atoms with E-state index in [-0.39, 0.29) is 12.1 Å². The van der Waals surface area contributed by atoms with Gasteiger partial charge in [-0.2, -0.15) is 0 Å². The van der Waals surface area contributed by atoms with E-state index in [4.69, 9.17) is 4.42 Å². The normalized spacial score (nSPS) is 12.1. The van der Waals surface area contributed by atoms with E-state index in [0.29, 0.717) is 13.0 Å². The lowest BCUT2D eigenvalue weighted by Crippen LogP contribution is -2.41. The standard InChI is InChI=1S/C13H19N5O2/c1-3-18-9-15-17-12(18)8-14-13(19)16-10(2)7-11-5-4-6-20-11/h4-6,9-10H,3,7-8H2,1-2H3,(H2,14,16,19)/t10-/m0/s1. The van der Waals surface area contributed by atoms with Crippen molar-refractivity contribution in [3.8, 4) is 0 Å². The Kier molecular flexibility index (Phi) is 4.75. The Hall–Kier alpha value is -2.31. The molecule has 0 unspecified atom stereocenters. The van der Waals surface area contributed by atoms with Crippen LogP contribution in [0, 0.1) is 0 Å². The van der Waals surface area contributed by atoms with Crippen molar-refractivity contribution in [3.05, 3.63) is 36.3 Å². The molecule has 0 bridgehead atoms. The van der Waals surface area contributed by atoms with Gasteiger partial charge in [-0.05, 0) is 26.0 Å². The summed E-state index contributed by atoms with van der Waals surface area (Å²) in [4.78, 5) is 11.8. The summed E-state index contributed by atoms with van der Waals surface area (Å²) in [5.74, 6) is 1.59. The van der Waals surface area contributed by atoms with Crippen molar-refractivity contribution in [2.45, 2.75) is 39.4 Å². The smallest absolute Gasteiger partial charge is 0.315 e. The molecule has 7 nitrogen and oxygen atoms in total. The summed E-state index contributed by atoms with van der Waals surface area (Å²) in [5, 5.41) is 13.4. The monoisotopic (exact) mass is 277 g/mol. The number of nitrogens with one attached hydrogen (secondary N) is 2. The largest absolute Gasteiger partial charge is 0.469 e. The van der Waals surface area contributed by atoms with Crippen LogP contribution in [0.1, 0.15) is 25.4 Å². The van der Waals surface area contributed by atoms with Gasteiger partial charge in [-0.1, -0.05) is 0 Å². The third-order valence-corrected chi connectivity index (χ3v) is 2.91. The number of carbonyl (C=O) groups excluding carboxylic acids is 1. The van der Waals surface area contributed by atoms with Gasteiger partial charge in [-0.3, -0.25) is 0 Å². The summed E-state index contributed by atoms with van der Waals surface area (Å²) in [7, 11) is 0. The molecule has 2 aromatic heterocycles. The molecule has 0 saturated carbocycles. The molecule has 2 amide bonds. The first kappa shape index (κ1) is 14.1. The number of aromatic nitrogens is 3. The molecule has 0 fully saturated rings. The summed E-state index contributed by atoms with van der Waals surface area (Å²) in [6.07, 6.45) is 3.93. The van der Waals surface area contributed by atoms with Gasteiger partial charge in [-0.25, -0.2) is 4.79 Å². The van der Waals surface area contributed by atoms with E-state index in [9.17, 15) is 4.79 Å². The maximum absolute atomic E-state index is 11.8. The van der Waals surface area contributed by atoms with Crippen LogP contribution in [0.3, 0.4) is 0 Å². The molecule has 2 rings (SSSR count). The molecule has 20 heavy (non-hydrogen) atoms. The van der Waals surface area contributed by atoms with Crippen LogP contribution in [0.25, 0.3) is 0 Å². The Labute approximate surface area is 117 Å². The highest BCUT2D eigenvalue weighted by atomic mass is 16.3. The fourth-order valence-corrected chi connectivity index (χ4v) is 1.90. The fraction of sp³-hybridized carbons (Fsp3) is 0.462. The van der Waals surface area contributed by atoms with Crippen LogP contribution in [0.2, 0.25) is 0 Å². The Bertz CT molecular complexity index is 535. The highest BCUT2D eigenvalue weighted by Gasteiger charge is 2.10. The number of amides is 2. The summed E-state index contributed by atoms with van der Waals surface area (Å²) in [5.41, 5.74) is 0. The Morgan fingerprint density at radius 1 is 1.55 bits per heavy atom. The number of hydrogen-bond donors (Lipinski definition) is 2. The molecule has 2 aromatic rings. The van der Waals surface area contributed by atoms with Gasteiger partial charge in [0.2, 0.25) is 0 Å². The lowest BCUT2D eigenvalue weighted by atomic mass is 10.2. The number of hydrogen-bond acceptors (Lipinski definition) is 4. The number of carbonyl (C=O) groups is 1. The zero-order valence-electron chi connectivity index (χ0n) is 11.7. The molecular weight excluding hydrogens is 258 g/mol. The van der Waals surface area contributed by atoms with Crippen molar-refractivity contribution in [1.29, 1.82) is 0 Å². The van der Waals surface area contributed by atoms with Crippen LogP contribution in [0.5, 0.6) is 0 Å². The Balaban J connectivity index is 1.75. The first-order valence-electron chi connectivity index (χ1n) is 6.62. The van der Waals surface area contributed by atoms with Crippen LogP contribution in [-0.4, -0.2) is 26.8 Å². The molecular formula is C13H19N5O2. The number of furan rings is 1. The van der Waals surface area contributed by atoms with Crippen molar-refractivity contribution in [1.82, 2.24) is 25.4 Å². The predicted octanol–water partition coefficient (Wildman–Crippen LogP) is 1.32. The van der Waals surface area contributed by atoms with Crippen LogP contribution in [0.4, 0.5) is 4.79 Å². The second kappa shape index (κ2) is 6.74. The molecule has 0 aromatic carbocycles. The second-order valence-corrected chi connectivity index (χ2v) is 4.54. The molecule has 0 aliphatic rings. The van der Waals surface area contributed by atoms with Gasteiger partial charge >= 0.3 is 6.03 Å². The third kappa shape index (κ3) is 3.84. The summed E-state index contributed by atoms with van der Waals surface area (Å²) in [6.45, 7) is 5.06. The van der Waals surface area contributed by atoms with E-state index in [1.54, 1.807) is 12.6 Å². The molecule has 0 saturated heterocycles. The lowest BCUT2D eigenvalue weighted by Gasteiger charge is -2.13. The topological polar surface area (TPSA) is 85.0 Å². The average Bonchev–Trinajstić information content (AvgIpc) is 3.06. The van der Waals surface area contributed by atoms with Gasteiger partial charge in [0.1, 0.15) is 12.1 Å². The summed E-state index contributed by atoms with van der Waals surface area (Å²) >= 11 is 0. The van der Waals surface area contributed by atoms with Crippen molar-refractivity contribution in [2.75, 3.05) is 0 Å². The van der Waals surface area contributed by atoms with Gasteiger partial charge < -0.3 is 19.6 Å². The minimum absolute atomic E-state index is 0.00908. The average molecular weight is 277 g/mol. The molecule has 0 aliphatic carbocycles. The number of rotatable bonds is 6. The number of nitrogens with zero attached hydrogens (tertiary/aromatic N) is 3. The number of aryl methyl sites for hydroxylation is 1. The first-order chi connectivity index (χ1) is 9.69. The molecule has 2 N–H and O–H groups in total. The quantitative estimate of drug-likeness (QED) is 0.834. The van der Waals surface area contributed by atoms with E-state index >= 15 is 0 Å². The predicted molar refractivity (Wildman–Crippen MR) is 72.9 cm³/mol. The van der Waals surface area contributed by atoms with Gasteiger partial charge in [-0.15, -0.1) is 10.2 Å². The van der Waals surface area contributed by atoms with Crippen molar-refractivity contribution >= 4 is 6.03 Å². The van der Waals surface area contributed by atoms with Gasteiger partial charge in [0, 0.05) is 19.0 Å². The maximum Gasteiger partial charge on any atom is 0.315 e.